The lowest BCUT2D eigenvalue weighted by Crippen LogP contribution is -2.20. The molecule has 0 atom stereocenters. The summed E-state index contributed by atoms with van der Waals surface area (Å²) in [5.41, 5.74) is 3.09. The third-order valence-corrected chi connectivity index (χ3v) is 7.13. The zero-order chi connectivity index (χ0) is 43.9. The maximum absolute atomic E-state index is 10.1. The number of aliphatic hydroxyl groups is 6. The van der Waals surface area contributed by atoms with Crippen molar-refractivity contribution in [2.75, 3.05) is 52.9 Å². The lowest BCUT2D eigenvalue weighted by atomic mass is 9.97. The zero-order valence-electron chi connectivity index (χ0n) is 33.4. The van der Waals surface area contributed by atoms with E-state index < -0.39 is 11.9 Å². The van der Waals surface area contributed by atoms with Gasteiger partial charge in [-0.1, -0.05) is 51.0 Å². The molecule has 16 nitrogen and oxygen atoms in total. The molecule has 58 heavy (non-hydrogen) atoms. The Bertz CT molecular complexity index is 1440. The summed E-state index contributed by atoms with van der Waals surface area (Å²) in [6.45, 7) is 4.84. The number of nitrogens with zero attached hydrogens (tertiary/aromatic N) is 2. The number of aliphatic carboxylic acids is 2. The number of hydrogen-bond acceptors (Lipinski definition) is 14. The van der Waals surface area contributed by atoms with Gasteiger partial charge in [-0.05, 0) is 91.8 Å². The fourth-order valence-electron chi connectivity index (χ4n) is 3.86. The van der Waals surface area contributed by atoms with Crippen molar-refractivity contribution < 1.29 is 69.5 Å². The second-order valence-corrected chi connectivity index (χ2v) is 12.9. The summed E-state index contributed by atoms with van der Waals surface area (Å²) in [6.07, 6.45) is 8.61. The minimum atomic E-state index is -0.870. The molecule has 0 aliphatic carbocycles. The van der Waals surface area contributed by atoms with E-state index >= 15 is 0 Å². The number of carbonyl (C=O) groups is 2. The predicted molar refractivity (Wildman–Crippen MR) is 217 cm³/mol. The van der Waals surface area contributed by atoms with Crippen LogP contribution in [-0.4, -0.2) is 118 Å². The van der Waals surface area contributed by atoms with Crippen LogP contribution in [0.5, 0.6) is 11.5 Å². The molecule has 0 aliphatic rings. The molecule has 0 amide bonds. The van der Waals surface area contributed by atoms with Crippen molar-refractivity contribution in [3.8, 4) is 11.5 Å². The number of aliphatic imine (C=N–C) groups is 2. The monoisotopic (exact) mass is 816 g/mol. The number of carbonyl (C=O) groups excluding carboxylic acids is 2. The minimum absolute atomic E-state index is 0.00274. The molecule has 3 rings (SSSR count). The topological polar surface area (TPSA) is 273 Å². The highest BCUT2D eigenvalue weighted by Gasteiger charge is 2.13. The van der Waals surface area contributed by atoms with E-state index in [4.69, 9.17) is 50.3 Å². The molecule has 0 bridgehead atoms. The van der Waals surface area contributed by atoms with Crippen molar-refractivity contribution >= 4 is 35.5 Å². The van der Waals surface area contributed by atoms with Crippen molar-refractivity contribution in [1.82, 2.24) is 0 Å². The van der Waals surface area contributed by atoms with Crippen molar-refractivity contribution in [3.05, 3.63) is 83.9 Å². The molecule has 8 N–H and O–H groups in total. The van der Waals surface area contributed by atoms with Crippen LogP contribution < -0.4 is 9.47 Å². The van der Waals surface area contributed by atoms with Gasteiger partial charge in [0, 0.05) is 31.5 Å². The first kappa shape index (κ1) is 54.8. The maximum atomic E-state index is 10.1. The molecule has 0 fully saturated rings. The van der Waals surface area contributed by atoms with E-state index in [0.717, 1.165) is 43.2 Å². The second kappa shape index (κ2) is 37.3. The van der Waals surface area contributed by atoms with Crippen molar-refractivity contribution in [3.63, 3.8) is 0 Å². The van der Waals surface area contributed by atoms with Gasteiger partial charge in [0.15, 0.2) is 0 Å². The smallest absolute Gasteiger partial charge is 0.303 e. The molecule has 0 unspecified atom stereocenters. The number of isocyanates is 2. The van der Waals surface area contributed by atoms with Crippen molar-refractivity contribution in [2.45, 2.75) is 71.6 Å². The molecular formula is C42H60N2O14. The van der Waals surface area contributed by atoms with Gasteiger partial charge >= 0.3 is 11.9 Å². The number of carboxylic acids is 2. The Morgan fingerprint density at radius 1 is 0.534 bits per heavy atom. The van der Waals surface area contributed by atoms with Crippen molar-refractivity contribution in [1.29, 1.82) is 0 Å². The number of carboxylic acid groups (broad SMARTS) is 2. The molecule has 16 heteroatoms. The number of rotatable bonds is 22. The molecule has 0 heterocycles. The van der Waals surface area contributed by atoms with Crippen LogP contribution in [-0.2, 0) is 25.6 Å². The number of benzene rings is 3. The van der Waals surface area contributed by atoms with Crippen LogP contribution >= 0.6 is 0 Å². The molecule has 3 aromatic rings. The summed E-state index contributed by atoms with van der Waals surface area (Å²) in [5.74, 6) is -0.360. The van der Waals surface area contributed by atoms with E-state index in [1.54, 1.807) is 62.4 Å². The molecule has 0 aromatic heterocycles. The van der Waals surface area contributed by atoms with E-state index in [-0.39, 0.29) is 71.1 Å². The third kappa shape index (κ3) is 34.0. The minimum Gasteiger partial charge on any atom is -0.491 e. The Hall–Kier alpha value is -5.28. The standard InChI is InChI=1S/C15H10N2O2.C10H14O4.C6H10O4.C6H14O2.C5H12O2/c18-10-16-14-5-1-12(2-6-14)9-13-3-7-15(8-4-13)17-11-19;11-5-7-13-9-1-2-10(4-3-9)14-8-6-12;7-5(8)3-1-2-4-6(9)10;7-5-3-1-2-4-6-8;1-5(2,3-6)4-7/h1-8H,9H2;1-4,11-12H,5-8H2;1-4H2,(H,7,8)(H,9,10);7-8H,1-6H2;6-7H,3-4H2,1-2H3. The fraction of sp³-hybridized carbons (Fsp3) is 0.476. The number of aliphatic hydroxyl groups excluding tert-OH is 6. The van der Waals surface area contributed by atoms with Gasteiger partial charge in [-0.25, -0.2) is 9.59 Å². The van der Waals surface area contributed by atoms with Gasteiger partial charge < -0.3 is 50.3 Å². The Labute approximate surface area is 339 Å². The Morgan fingerprint density at radius 3 is 1.12 bits per heavy atom. The first-order valence-corrected chi connectivity index (χ1v) is 18.6. The zero-order valence-corrected chi connectivity index (χ0v) is 33.4. The number of ether oxygens (including phenoxy) is 2. The molecular weight excluding hydrogens is 756 g/mol. The second-order valence-electron chi connectivity index (χ2n) is 12.9. The Kier molecular flexibility index (Phi) is 35.3. The van der Waals surface area contributed by atoms with E-state index in [2.05, 4.69) is 9.98 Å². The normalized spacial score (nSPS) is 9.79. The van der Waals surface area contributed by atoms with Crippen molar-refractivity contribution in [2.24, 2.45) is 15.4 Å². The highest BCUT2D eigenvalue weighted by molar-refractivity contribution is 5.68. The van der Waals surface area contributed by atoms with E-state index in [1.807, 2.05) is 24.3 Å². The van der Waals surface area contributed by atoms with Crippen LogP contribution in [0.25, 0.3) is 0 Å². The van der Waals surface area contributed by atoms with E-state index in [0.29, 0.717) is 35.7 Å². The molecule has 0 radical (unpaired) electrons. The third-order valence-electron chi connectivity index (χ3n) is 7.13. The quantitative estimate of drug-likeness (QED) is 0.0381. The molecule has 0 saturated carbocycles. The lowest BCUT2D eigenvalue weighted by Gasteiger charge is -2.16. The van der Waals surface area contributed by atoms with Gasteiger partial charge in [0.1, 0.15) is 24.7 Å². The van der Waals surface area contributed by atoms with Gasteiger partial charge in [-0.15, -0.1) is 0 Å². The van der Waals surface area contributed by atoms with E-state index in [9.17, 15) is 19.2 Å². The first-order valence-electron chi connectivity index (χ1n) is 18.6. The van der Waals surface area contributed by atoms with Gasteiger partial charge in [-0.3, -0.25) is 9.59 Å². The van der Waals surface area contributed by atoms with Crippen LogP contribution in [0.3, 0.4) is 0 Å². The molecule has 3 aromatic carbocycles. The summed E-state index contributed by atoms with van der Waals surface area (Å²) in [6, 6.07) is 21.7. The summed E-state index contributed by atoms with van der Waals surface area (Å²) < 4.78 is 10.3. The molecule has 0 saturated heterocycles. The molecule has 0 aliphatic heterocycles. The number of unbranched alkanes of at least 4 members (excludes halogenated alkanes) is 4. The maximum Gasteiger partial charge on any atom is 0.303 e. The lowest BCUT2D eigenvalue weighted by molar-refractivity contribution is -0.139. The van der Waals surface area contributed by atoms with Gasteiger partial charge in [0.05, 0.1) is 37.8 Å². The Balaban J connectivity index is 0. The van der Waals surface area contributed by atoms with Gasteiger partial charge in [-0.2, -0.15) is 9.98 Å². The average Bonchev–Trinajstić information content (AvgIpc) is 3.22. The predicted octanol–water partition coefficient (Wildman–Crippen LogP) is 4.89. The highest BCUT2D eigenvalue weighted by atomic mass is 16.5. The fourth-order valence-corrected chi connectivity index (χ4v) is 3.86. The molecule has 322 valence electrons. The van der Waals surface area contributed by atoms with Crippen LogP contribution in [0.1, 0.15) is 76.3 Å². The highest BCUT2D eigenvalue weighted by Crippen LogP contribution is 2.19. The first-order chi connectivity index (χ1) is 27.8. The number of hydrogen-bond donors (Lipinski definition) is 8. The van der Waals surface area contributed by atoms with Crippen LogP contribution in [0.4, 0.5) is 11.4 Å². The SMILES string of the molecule is CC(C)(CO)CO.O=C(O)CCCCC(=O)O.O=C=Nc1ccc(Cc2ccc(N=C=O)cc2)cc1.OCCCCCCO.OCCOc1ccc(OCCO)cc1. The molecule has 0 spiro atoms. The average molecular weight is 817 g/mol. The largest absolute Gasteiger partial charge is 0.491 e. The Morgan fingerprint density at radius 2 is 0.879 bits per heavy atom. The van der Waals surface area contributed by atoms with Crippen LogP contribution in [0.15, 0.2) is 82.8 Å². The van der Waals surface area contributed by atoms with Crippen LogP contribution in [0.2, 0.25) is 0 Å². The summed E-state index contributed by atoms with van der Waals surface area (Å²) in [7, 11) is 0. The summed E-state index contributed by atoms with van der Waals surface area (Å²) in [4.78, 5) is 47.1. The summed E-state index contributed by atoms with van der Waals surface area (Å²) in [5, 5.41) is 66.8. The van der Waals surface area contributed by atoms with Gasteiger partial charge in [0.2, 0.25) is 12.2 Å². The van der Waals surface area contributed by atoms with E-state index in [1.165, 1.54) is 12.2 Å². The van der Waals surface area contributed by atoms with Gasteiger partial charge in [0.25, 0.3) is 0 Å². The summed E-state index contributed by atoms with van der Waals surface area (Å²) >= 11 is 0. The van der Waals surface area contributed by atoms with Crippen LogP contribution in [0, 0.1) is 5.41 Å².